The number of benzene rings is 1. The number of sulfonamides is 1. The SMILES string of the molecule is O=S(=O)(NNC(=S)S)c1ccccc1. The summed E-state index contributed by atoms with van der Waals surface area (Å²) in [5, 5.41) is 0. The van der Waals surface area contributed by atoms with Crippen LogP contribution in [0, 0.1) is 0 Å². The molecule has 4 nitrogen and oxygen atoms in total. The van der Waals surface area contributed by atoms with E-state index in [1.54, 1.807) is 18.2 Å². The molecule has 0 aliphatic heterocycles. The Balaban J connectivity index is 2.82. The van der Waals surface area contributed by atoms with Gasteiger partial charge in [-0.2, -0.15) is 0 Å². The molecule has 0 unspecified atom stereocenters. The lowest BCUT2D eigenvalue weighted by molar-refractivity contribution is 0.578. The second kappa shape index (κ2) is 4.74. The average molecular weight is 248 g/mol. The molecule has 0 saturated heterocycles. The van der Waals surface area contributed by atoms with Gasteiger partial charge in [-0.25, -0.2) is 8.42 Å². The molecule has 0 aliphatic carbocycles. The highest BCUT2D eigenvalue weighted by molar-refractivity contribution is 8.11. The topological polar surface area (TPSA) is 58.2 Å². The Bertz CT molecular complexity index is 416. The molecule has 1 aromatic rings. The summed E-state index contributed by atoms with van der Waals surface area (Å²) in [6.45, 7) is 0. The van der Waals surface area contributed by atoms with Gasteiger partial charge in [0.15, 0.2) is 0 Å². The fraction of sp³-hybridized carbons (Fsp3) is 0. The van der Waals surface area contributed by atoms with E-state index >= 15 is 0 Å². The molecule has 14 heavy (non-hydrogen) atoms. The van der Waals surface area contributed by atoms with E-state index in [2.05, 4.69) is 35.1 Å². The molecule has 0 amide bonds. The lowest BCUT2D eigenvalue weighted by Gasteiger charge is -2.06. The normalized spacial score (nSPS) is 10.9. The zero-order valence-electron chi connectivity index (χ0n) is 6.97. The van der Waals surface area contributed by atoms with E-state index in [4.69, 9.17) is 0 Å². The molecule has 0 saturated carbocycles. The second-order valence-electron chi connectivity index (χ2n) is 2.35. The van der Waals surface area contributed by atoms with Crippen LogP contribution in [-0.4, -0.2) is 12.7 Å². The van der Waals surface area contributed by atoms with Gasteiger partial charge in [-0.15, -0.1) is 17.5 Å². The van der Waals surface area contributed by atoms with Crippen LogP contribution in [0.15, 0.2) is 35.2 Å². The van der Waals surface area contributed by atoms with Gasteiger partial charge in [0, 0.05) is 0 Å². The number of hydrazine groups is 1. The van der Waals surface area contributed by atoms with Crippen LogP contribution in [0.25, 0.3) is 0 Å². The Morgan fingerprint density at radius 3 is 2.36 bits per heavy atom. The Hall–Kier alpha value is -0.630. The molecular formula is C7H8N2O2S3. The fourth-order valence-electron chi connectivity index (χ4n) is 0.769. The van der Waals surface area contributed by atoms with Crippen molar-refractivity contribution in [2.45, 2.75) is 4.90 Å². The summed E-state index contributed by atoms with van der Waals surface area (Å²) in [5.41, 5.74) is 2.24. The molecule has 0 heterocycles. The minimum absolute atomic E-state index is 0.0597. The quantitative estimate of drug-likeness (QED) is 0.418. The molecule has 7 heteroatoms. The summed E-state index contributed by atoms with van der Waals surface area (Å²) < 4.78 is 23.0. The van der Waals surface area contributed by atoms with Gasteiger partial charge in [0.1, 0.15) is 4.32 Å². The third kappa shape index (κ3) is 3.26. The maximum Gasteiger partial charge on any atom is 0.257 e. The van der Waals surface area contributed by atoms with Gasteiger partial charge >= 0.3 is 0 Å². The van der Waals surface area contributed by atoms with Crippen LogP contribution < -0.4 is 10.3 Å². The van der Waals surface area contributed by atoms with E-state index in [0.717, 1.165) is 0 Å². The molecule has 0 spiro atoms. The first kappa shape index (κ1) is 11.4. The summed E-state index contributed by atoms with van der Waals surface area (Å²) in [6, 6.07) is 7.95. The predicted molar refractivity (Wildman–Crippen MR) is 61.5 cm³/mol. The zero-order chi connectivity index (χ0) is 10.6. The number of thiocarbonyl (C=S) groups is 1. The van der Waals surface area contributed by atoms with Crippen LogP contribution in [-0.2, 0) is 10.0 Å². The highest BCUT2D eigenvalue weighted by atomic mass is 32.2. The van der Waals surface area contributed by atoms with E-state index in [9.17, 15) is 8.42 Å². The Morgan fingerprint density at radius 2 is 1.86 bits per heavy atom. The van der Waals surface area contributed by atoms with Crippen molar-refractivity contribution in [3.8, 4) is 0 Å². The van der Waals surface area contributed by atoms with Gasteiger partial charge in [0.2, 0.25) is 0 Å². The second-order valence-corrected chi connectivity index (χ2v) is 5.19. The van der Waals surface area contributed by atoms with Crippen molar-refractivity contribution in [3.63, 3.8) is 0 Å². The molecule has 0 fully saturated rings. The summed E-state index contributed by atoms with van der Waals surface area (Å²) in [4.78, 5) is 2.24. The number of hydrogen-bond acceptors (Lipinski definition) is 3. The monoisotopic (exact) mass is 248 g/mol. The molecule has 1 aromatic carbocycles. The first-order valence-electron chi connectivity index (χ1n) is 3.58. The van der Waals surface area contributed by atoms with E-state index in [1.807, 2.05) is 0 Å². The van der Waals surface area contributed by atoms with Gasteiger partial charge in [-0.1, -0.05) is 30.4 Å². The van der Waals surface area contributed by atoms with Crippen molar-refractivity contribution in [2.24, 2.45) is 0 Å². The number of nitrogens with one attached hydrogen (secondary N) is 2. The van der Waals surface area contributed by atoms with Crippen molar-refractivity contribution < 1.29 is 8.42 Å². The number of thiol groups is 1. The van der Waals surface area contributed by atoms with Gasteiger partial charge in [0.05, 0.1) is 4.90 Å². The predicted octanol–water partition coefficient (Wildman–Crippen LogP) is 0.684. The molecule has 2 N–H and O–H groups in total. The maximum absolute atomic E-state index is 11.5. The maximum atomic E-state index is 11.5. The minimum atomic E-state index is -3.55. The van der Waals surface area contributed by atoms with Crippen LogP contribution in [0.4, 0.5) is 0 Å². The van der Waals surface area contributed by atoms with Gasteiger partial charge < -0.3 is 0 Å². The van der Waals surface area contributed by atoms with Crippen LogP contribution >= 0.6 is 24.8 Å². The Kier molecular flexibility index (Phi) is 3.87. The van der Waals surface area contributed by atoms with Crippen molar-refractivity contribution in [2.75, 3.05) is 0 Å². The molecule has 1 rings (SSSR count). The standard InChI is InChI=1S/C7H8N2O2S3/c10-14(11,9-8-7(12)13)6-4-2-1-3-5-6/h1-5,9H,(H2,8,12,13). The molecule has 0 bridgehead atoms. The summed E-state index contributed by atoms with van der Waals surface area (Å²) in [5.74, 6) is 0. The summed E-state index contributed by atoms with van der Waals surface area (Å²) in [7, 11) is -3.55. The van der Waals surface area contributed by atoms with Gasteiger partial charge in [-0.3, -0.25) is 5.43 Å². The smallest absolute Gasteiger partial charge is 0.257 e. The first-order chi connectivity index (χ1) is 6.52. The number of rotatable bonds is 3. The third-order valence-corrected chi connectivity index (χ3v) is 2.82. The summed E-state index contributed by atoms with van der Waals surface area (Å²) >= 11 is 8.26. The third-order valence-electron chi connectivity index (χ3n) is 1.35. The van der Waals surface area contributed by atoms with E-state index in [1.165, 1.54) is 12.1 Å². The highest BCUT2D eigenvalue weighted by Crippen LogP contribution is 2.05. The van der Waals surface area contributed by atoms with E-state index in [-0.39, 0.29) is 9.22 Å². The number of hydrogen-bond donors (Lipinski definition) is 3. The van der Waals surface area contributed by atoms with Crippen molar-refractivity contribution in [1.29, 1.82) is 0 Å². The average Bonchev–Trinajstić information content (AvgIpc) is 2.16. The van der Waals surface area contributed by atoms with Crippen LogP contribution in [0.5, 0.6) is 0 Å². The van der Waals surface area contributed by atoms with Crippen LogP contribution in [0.1, 0.15) is 0 Å². The Labute approximate surface area is 93.1 Å². The van der Waals surface area contributed by atoms with Gasteiger partial charge in [0.25, 0.3) is 10.0 Å². The minimum Gasteiger partial charge on any atom is -0.293 e. The van der Waals surface area contributed by atoms with E-state index in [0.29, 0.717) is 0 Å². The molecule has 0 aliphatic rings. The summed E-state index contributed by atoms with van der Waals surface area (Å²) in [6.07, 6.45) is 0. The molecule has 0 atom stereocenters. The van der Waals surface area contributed by atoms with Crippen molar-refractivity contribution >= 4 is 39.2 Å². The zero-order valence-corrected chi connectivity index (χ0v) is 9.49. The molecule has 76 valence electrons. The highest BCUT2D eigenvalue weighted by Gasteiger charge is 2.11. The lowest BCUT2D eigenvalue weighted by atomic mass is 10.4. The molecule has 0 aromatic heterocycles. The fourth-order valence-corrected chi connectivity index (χ4v) is 1.89. The van der Waals surface area contributed by atoms with Crippen molar-refractivity contribution in [1.82, 2.24) is 10.3 Å². The molecule has 0 radical (unpaired) electrons. The van der Waals surface area contributed by atoms with Crippen molar-refractivity contribution in [3.05, 3.63) is 30.3 Å². The van der Waals surface area contributed by atoms with Crippen LogP contribution in [0.2, 0.25) is 0 Å². The molecular weight excluding hydrogens is 240 g/mol. The first-order valence-corrected chi connectivity index (χ1v) is 5.92. The van der Waals surface area contributed by atoms with E-state index < -0.39 is 10.0 Å². The van der Waals surface area contributed by atoms with Crippen LogP contribution in [0.3, 0.4) is 0 Å². The Morgan fingerprint density at radius 1 is 1.29 bits per heavy atom. The van der Waals surface area contributed by atoms with Gasteiger partial charge in [-0.05, 0) is 12.1 Å². The largest absolute Gasteiger partial charge is 0.293 e. The lowest BCUT2D eigenvalue weighted by Crippen LogP contribution is -2.38.